The standard InChI is InChI=1S/C22H24F2N2O5S2/c1-32(28,29)17-5-7-21-16(13-17)3-2-10-26(21)22(27)15-8-11-25(12-9-15)33(30,31)18-4-6-19(23)20(24)14-18/h4-7,13-15H,2-3,8-12H2,1H3. The molecule has 2 aromatic carbocycles. The number of carbonyl (C=O) groups excluding carboxylic acids is 1. The van der Waals surface area contributed by atoms with Crippen molar-refractivity contribution in [3.05, 3.63) is 53.6 Å². The van der Waals surface area contributed by atoms with Crippen molar-refractivity contribution in [3.8, 4) is 0 Å². The van der Waals surface area contributed by atoms with E-state index in [4.69, 9.17) is 0 Å². The van der Waals surface area contributed by atoms with Crippen molar-refractivity contribution in [1.29, 1.82) is 0 Å². The summed E-state index contributed by atoms with van der Waals surface area (Å²) in [5, 5.41) is 0. The third kappa shape index (κ3) is 4.67. The van der Waals surface area contributed by atoms with Crippen LogP contribution in [0.5, 0.6) is 0 Å². The van der Waals surface area contributed by atoms with Crippen molar-refractivity contribution in [2.75, 3.05) is 30.8 Å². The van der Waals surface area contributed by atoms with Crippen molar-refractivity contribution in [2.45, 2.75) is 35.5 Å². The molecule has 0 spiro atoms. The Morgan fingerprint density at radius 1 is 0.909 bits per heavy atom. The van der Waals surface area contributed by atoms with E-state index in [0.29, 0.717) is 44.0 Å². The van der Waals surface area contributed by atoms with Gasteiger partial charge in [0.05, 0.1) is 9.79 Å². The number of hydrogen-bond acceptors (Lipinski definition) is 5. The lowest BCUT2D eigenvalue weighted by Gasteiger charge is -2.36. The van der Waals surface area contributed by atoms with Crippen molar-refractivity contribution in [3.63, 3.8) is 0 Å². The van der Waals surface area contributed by atoms with Gasteiger partial charge in [-0.2, -0.15) is 4.31 Å². The quantitative estimate of drug-likeness (QED) is 0.647. The fraction of sp³-hybridized carbons (Fsp3) is 0.409. The molecule has 2 aliphatic rings. The van der Waals surface area contributed by atoms with Crippen LogP contribution in [0.2, 0.25) is 0 Å². The first-order valence-corrected chi connectivity index (χ1v) is 13.9. The lowest BCUT2D eigenvalue weighted by atomic mass is 9.94. The number of hydrogen-bond donors (Lipinski definition) is 0. The first-order chi connectivity index (χ1) is 15.5. The van der Waals surface area contributed by atoms with Crippen LogP contribution in [0.15, 0.2) is 46.2 Å². The normalized spacial score (nSPS) is 18.2. The second kappa shape index (κ2) is 8.77. The van der Waals surface area contributed by atoms with E-state index in [1.165, 1.54) is 10.4 Å². The third-order valence-corrected chi connectivity index (χ3v) is 9.20. The largest absolute Gasteiger partial charge is 0.312 e. The van der Waals surface area contributed by atoms with E-state index in [0.717, 1.165) is 24.0 Å². The molecule has 1 amide bonds. The third-order valence-electron chi connectivity index (χ3n) is 6.20. The number of sulfonamides is 1. The molecular formula is C22H24F2N2O5S2. The molecule has 0 atom stereocenters. The highest BCUT2D eigenvalue weighted by Gasteiger charge is 2.35. The number of anilines is 1. The van der Waals surface area contributed by atoms with E-state index in [-0.39, 0.29) is 34.7 Å². The van der Waals surface area contributed by atoms with Crippen LogP contribution < -0.4 is 4.90 Å². The number of aryl methyl sites for hydroxylation is 1. The number of piperidine rings is 1. The molecule has 2 aromatic rings. The first kappa shape index (κ1) is 23.8. The highest BCUT2D eigenvalue weighted by molar-refractivity contribution is 7.90. The molecule has 2 heterocycles. The summed E-state index contributed by atoms with van der Waals surface area (Å²) in [4.78, 5) is 14.8. The topological polar surface area (TPSA) is 91.8 Å². The molecule has 7 nitrogen and oxygen atoms in total. The van der Waals surface area contributed by atoms with Crippen molar-refractivity contribution >= 4 is 31.5 Å². The second-order valence-corrected chi connectivity index (χ2v) is 12.4. The molecule has 0 aromatic heterocycles. The second-order valence-electron chi connectivity index (χ2n) is 8.41. The van der Waals surface area contributed by atoms with Gasteiger partial charge in [-0.15, -0.1) is 0 Å². The molecule has 0 bridgehead atoms. The molecule has 0 N–H and O–H groups in total. The Morgan fingerprint density at radius 3 is 2.21 bits per heavy atom. The molecule has 33 heavy (non-hydrogen) atoms. The van der Waals surface area contributed by atoms with Gasteiger partial charge >= 0.3 is 0 Å². The van der Waals surface area contributed by atoms with Gasteiger partial charge in [-0.3, -0.25) is 4.79 Å². The Bertz CT molecular complexity index is 1300. The van der Waals surface area contributed by atoms with Crippen molar-refractivity contribution in [2.24, 2.45) is 5.92 Å². The number of sulfone groups is 1. The Labute approximate surface area is 192 Å². The molecule has 0 saturated carbocycles. The van der Waals surface area contributed by atoms with Crippen molar-refractivity contribution in [1.82, 2.24) is 4.31 Å². The number of fused-ring (bicyclic) bond motifs is 1. The summed E-state index contributed by atoms with van der Waals surface area (Å²) in [6.45, 7) is 0.689. The first-order valence-electron chi connectivity index (χ1n) is 10.6. The van der Waals surface area contributed by atoms with Gasteiger partial charge in [0, 0.05) is 37.5 Å². The fourth-order valence-corrected chi connectivity index (χ4v) is 6.54. The maximum absolute atomic E-state index is 13.5. The van der Waals surface area contributed by atoms with Crippen LogP contribution in [-0.2, 0) is 31.1 Å². The lowest BCUT2D eigenvalue weighted by Crippen LogP contribution is -2.45. The predicted octanol–water partition coefficient (Wildman–Crippen LogP) is 2.75. The maximum Gasteiger partial charge on any atom is 0.243 e. The van der Waals surface area contributed by atoms with Gasteiger partial charge in [0.25, 0.3) is 0 Å². The molecule has 0 aliphatic carbocycles. The van der Waals surface area contributed by atoms with E-state index in [2.05, 4.69) is 0 Å². The average Bonchev–Trinajstić information content (AvgIpc) is 2.79. The van der Waals surface area contributed by atoms with Crippen LogP contribution in [0.4, 0.5) is 14.5 Å². The van der Waals surface area contributed by atoms with Crippen LogP contribution in [0.3, 0.4) is 0 Å². The molecule has 0 unspecified atom stereocenters. The van der Waals surface area contributed by atoms with E-state index < -0.39 is 31.5 Å². The van der Waals surface area contributed by atoms with Gasteiger partial charge in [-0.1, -0.05) is 0 Å². The highest BCUT2D eigenvalue weighted by atomic mass is 32.2. The van der Waals surface area contributed by atoms with Gasteiger partial charge in [0.2, 0.25) is 15.9 Å². The summed E-state index contributed by atoms with van der Waals surface area (Å²) in [6.07, 6.45) is 3.12. The summed E-state index contributed by atoms with van der Waals surface area (Å²) in [7, 11) is -7.35. The molecule has 0 radical (unpaired) electrons. The van der Waals surface area contributed by atoms with Crippen LogP contribution in [0.1, 0.15) is 24.8 Å². The lowest BCUT2D eigenvalue weighted by molar-refractivity contribution is -0.123. The minimum absolute atomic E-state index is 0.0887. The van der Waals surface area contributed by atoms with E-state index >= 15 is 0 Å². The smallest absolute Gasteiger partial charge is 0.243 e. The average molecular weight is 499 g/mol. The molecule has 11 heteroatoms. The summed E-state index contributed by atoms with van der Waals surface area (Å²) >= 11 is 0. The summed E-state index contributed by atoms with van der Waals surface area (Å²) in [6, 6.07) is 7.24. The Balaban J connectivity index is 1.48. The van der Waals surface area contributed by atoms with E-state index in [1.807, 2.05) is 0 Å². The molecule has 4 rings (SSSR count). The molecule has 1 fully saturated rings. The van der Waals surface area contributed by atoms with Gasteiger partial charge in [-0.25, -0.2) is 25.6 Å². The number of carbonyl (C=O) groups is 1. The van der Waals surface area contributed by atoms with Gasteiger partial charge in [-0.05, 0) is 67.6 Å². The Kier molecular flexibility index (Phi) is 6.32. The van der Waals surface area contributed by atoms with E-state index in [9.17, 15) is 30.4 Å². The Hall–Kier alpha value is -2.37. The maximum atomic E-state index is 13.5. The molecule has 1 saturated heterocycles. The number of benzene rings is 2. The van der Waals surface area contributed by atoms with Crippen LogP contribution in [-0.4, -0.2) is 52.9 Å². The highest BCUT2D eigenvalue weighted by Crippen LogP contribution is 2.33. The van der Waals surface area contributed by atoms with E-state index in [1.54, 1.807) is 17.0 Å². The van der Waals surface area contributed by atoms with Gasteiger partial charge in [0.15, 0.2) is 21.5 Å². The summed E-state index contributed by atoms with van der Waals surface area (Å²) < 4.78 is 77.2. The molecule has 2 aliphatic heterocycles. The zero-order valence-electron chi connectivity index (χ0n) is 18.0. The zero-order valence-corrected chi connectivity index (χ0v) is 19.6. The minimum atomic E-state index is -4.00. The summed E-state index contributed by atoms with van der Waals surface area (Å²) in [5.41, 5.74) is 1.49. The Morgan fingerprint density at radius 2 is 1.58 bits per heavy atom. The van der Waals surface area contributed by atoms with Crippen LogP contribution >= 0.6 is 0 Å². The monoisotopic (exact) mass is 498 g/mol. The number of rotatable bonds is 4. The molecular weight excluding hydrogens is 474 g/mol. The van der Waals surface area contributed by atoms with Crippen LogP contribution in [0.25, 0.3) is 0 Å². The number of nitrogens with zero attached hydrogens (tertiary/aromatic N) is 2. The van der Waals surface area contributed by atoms with Gasteiger partial charge in [0.1, 0.15) is 0 Å². The SMILES string of the molecule is CS(=O)(=O)c1ccc2c(c1)CCCN2C(=O)C1CCN(S(=O)(=O)c2ccc(F)c(F)c2)CC1. The molecule has 178 valence electrons. The number of amides is 1. The van der Waals surface area contributed by atoms with Crippen LogP contribution in [0, 0.1) is 17.6 Å². The van der Waals surface area contributed by atoms with Crippen molar-refractivity contribution < 1.29 is 30.4 Å². The van der Waals surface area contributed by atoms with Gasteiger partial charge < -0.3 is 4.90 Å². The minimum Gasteiger partial charge on any atom is -0.312 e. The number of halogens is 2. The predicted molar refractivity (Wildman–Crippen MR) is 118 cm³/mol. The zero-order chi connectivity index (χ0) is 24.0. The summed E-state index contributed by atoms with van der Waals surface area (Å²) in [5.74, 6) is -2.86. The fourth-order valence-electron chi connectivity index (χ4n) is 4.38.